The molecule has 6 heteroatoms. The fourth-order valence-electron chi connectivity index (χ4n) is 1.81. The monoisotopic (exact) mass is 285 g/mol. The summed E-state index contributed by atoms with van der Waals surface area (Å²) in [7, 11) is 0. The highest BCUT2D eigenvalue weighted by molar-refractivity contribution is 8.00. The van der Waals surface area contributed by atoms with Crippen molar-refractivity contribution in [3.63, 3.8) is 0 Å². The Bertz CT molecular complexity index is 756. The maximum absolute atomic E-state index is 11.0. The van der Waals surface area contributed by atoms with E-state index in [1.807, 2.05) is 24.3 Å². The second-order valence-corrected chi connectivity index (χ2v) is 5.07. The summed E-state index contributed by atoms with van der Waals surface area (Å²) in [5.41, 5.74) is 6.00. The third-order valence-corrected chi connectivity index (χ3v) is 3.67. The van der Waals surface area contributed by atoms with Gasteiger partial charge in [0.25, 0.3) is 0 Å². The molecule has 0 fully saturated rings. The van der Waals surface area contributed by atoms with Gasteiger partial charge in [0.2, 0.25) is 5.91 Å². The molecule has 0 aliphatic heterocycles. The highest BCUT2D eigenvalue weighted by Crippen LogP contribution is 2.28. The van der Waals surface area contributed by atoms with Gasteiger partial charge in [-0.3, -0.25) is 4.79 Å². The molecule has 0 radical (unpaired) electrons. The van der Waals surface area contributed by atoms with Crippen molar-refractivity contribution < 1.29 is 9.21 Å². The van der Waals surface area contributed by atoms with E-state index in [0.29, 0.717) is 11.6 Å². The van der Waals surface area contributed by atoms with Crippen LogP contribution in [0.3, 0.4) is 0 Å². The minimum atomic E-state index is -0.378. The minimum Gasteiger partial charge on any atom is -0.461 e. The predicted molar refractivity (Wildman–Crippen MR) is 77.2 cm³/mol. The number of carbonyl (C=O) groups is 1. The van der Waals surface area contributed by atoms with E-state index in [-0.39, 0.29) is 11.7 Å². The maximum Gasteiger partial charge on any atom is 0.227 e. The Kier molecular flexibility index (Phi) is 3.39. The number of hydrogen-bond acceptors (Lipinski definition) is 5. The number of nitrogens with zero attached hydrogens (tertiary/aromatic N) is 2. The first-order valence-electron chi connectivity index (χ1n) is 5.96. The van der Waals surface area contributed by atoms with E-state index < -0.39 is 0 Å². The smallest absolute Gasteiger partial charge is 0.227 e. The quantitative estimate of drug-likeness (QED) is 0.588. The SMILES string of the molecule is NC(=O)CSc1nc(-c2ccco2)nc2ccccc12. The van der Waals surface area contributed by atoms with Crippen LogP contribution in [-0.4, -0.2) is 21.6 Å². The molecule has 5 nitrogen and oxygen atoms in total. The third kappa shape index (κ3) is 2.50. The average Bonchev–Trinajstić information content (AvgIpc) is 2.98. The lowest BCUT2D eigenvalue weighted by Gasteiger charge is -2.06. The molecule has 0 aliphatic rings. The minimum absolute atomic E-state index is 0.179. The molecule has 1 amide bonds. The van der Waals surface area contributed by atoms with Gasteiger partial charge < -0.3 is 10.2 Å². The van der Waals surface area contributed by atoms with E-state index in [1.54, 1.807) is 18.4 Å². The van der Waals surface area contributed by atoms with E-state index in [0.717, 1.165) is 15.9 Å². The highest BCUT2D eigenvalue weighted by atomic mass is 32.2. The molecule has 3 aromatic rings. The van der Waals surface area contributed by atoms with Crippen molar-refractivity contribution in [2.75, 3.05) is 5.75 Å². The van der Waals surface area contributed by atoms with Crippen molar-refractivity contribution in [1.29, 1.82) is 0 Å². The lowest BCUT2D eigenvalue weighted by atomic mass is 10.2. The zero-order valence-corrected chi connectivity index (χ0v) is 11.3. The second kappa shape index (κ2) is 5.34. The number of carbonyl (C=O) groups excluding carboxylic acids is 1. The van der Waals surface area contributed by atoms with Gasteiger partial charge in [0, 0.05) is 5.39 Å². The number of thioether (sulfide) groups is 1. The van der Waals surface area contributed by atoms with Crippen LogP contribution in [0, 0.1) is 0 Å². The number of rotatable bonds is 4. The van der Waals surface area contributed by atoms with Crippen LogP contribution in [0.25, 0.3) is 22.5 Å². The molecule has 20 heavy (non-hydrogen) atoms. The molecule has 1 aromatic carbocycles. The molecule has 3 rings (SSSR count). The summed E-state index contributed by atoms with van der Waals surface area (Å²) in [5, 5.41) is 1.62. The fourth-order valence-corrected chi connectivity index (χ4v) is 2.57. The number of fused-ring (bicyclic) bond motifs is 1. The maximum atomic E-state index is 11.0. The number of amides is 1. The average molecular weight is 285 g/mol. The molecule has 2 heterocycles. The van der Waals surface area contributed by atoms with Gasteiger partial charge in [-0.15, -0.1) is 0 Å². The van der Waals surface area contributed by atoms with Crippen molar-refractivity contribution in [1.82, 2.24) is 9.97 Å². The van der Waals surface area contributed by atoms with Crippen LogP contribution < -0.4 is 5.73 Å². The molecule has 100 valence electrons. The Balaban J connectivity index is 2.12. The Morgan fingerprint density at radius 3 is 2.80 bits per heavy atom. The fraction of sp³-hybridized carbons (Fsp3) is 0.0714. The van der Waals surface area contributed by atoms with Gasteiger partial charge in [-0.05, 0) is 18.2 Å². The van der Waals surface area contributed by atoms with E-state index >= 15 is 0 Å². The van der Waals surface area contributed by atoms with Gasteiger partial charge >= 0.3 is 0 Å². The molecule has 2 aromatic heterocycles. The van der Waals surface area contributed by atoms with Crippen molar-refractivity contribution in [2.24, 2.45) is 5.73 Å². The first-order valence-corrected chi connectivity index (χ1v) is 6.94. The first kappa shape index (κ1) is 12.7. The van der Waals surface area contributed by atoms with E-state index in [2.05, 4.69) is 9.97 Å². The number of para-hydroxylation sites is 1. The Morgan fingerprint density at radius 1 is 1.20 bits per heavy atom. The summed E-state index contributed by atoms with van der Waals surface area (Å²) < 4.78 is 5.32. The number of aromatic nitrogens is 2. The molecule has 0 saturated heterocycles. The van der Waals surface area contributed by atoms with Gasteiger partial charge in [0.1, 0.15) is 5.03 Å². The van der Waals surface area contributed by atoms with Crippen LogP contribution >= 0.6 is 11.8 Å². The molecule has 0 unspecified atom stereocenters. The van der Waals surface area contributed by atoms with Gasteiger partial charge in [0.15, 0.2) is 11.6 Å². The topological polar surface area (TPSA) is 82.0 Å². The van der Waals surface area contributed by atoms with Crippen LogP contribution in [0.2, 0.25) is 0 Å². The lowest BCUT2D eigenvalue weighted by molar-refractivity contribution is -0.115. The van der Waals surface area contributed by atoms with Crippen LogP contribution in [-0.2, 0) is 4.79 Å². The molecule has 0 spiro atoms. The zero-order valence-electron chi connectivity index (χ0n) is 10.4. The Hall–Kier alpha value is -2.34. The molecule has 2 N–H and O–H groups in total. The summed E-state index contributed by atoms with van der Waals surface area (Å²) >= 11 is 1.30. The second-order valence-electron chi connectivity index (χ2n) is 4.10. The number of primary amides is 1. The van der Waals surface area contributed by atoms with Crippen molar-refractivity contribution in [2.45, 2.75) is 5.03 Å². The summed E-state index contributed by atoms with van der Waals surface area (Å²) in [5.74, 6) is 0.896. The predicted octanol–water partition coefficient (Wildman–Crippen LogP) is 2.47. The van der Waals surface area contributed by atoms with E-state index in [4.69, 9.17) is 10.2 Å². The van der Waals surface area contributed by atoms with Gasteiger partial charge in [-0.25, -0.2) is 9.97 Å². The molecule has 0 bridgehead atoms. The number of furan rings is 1. The summed E-state index contributed by atoms with van der Waals surface area (Å²) in [6.45, 7) is 0. The number of nitrogens with two attached hydrogens (primary N) is 1. The van der Waals surface area contributed by atoms with Crippen molar-refractivity contribution in [3.05, 3.63) is 42.7 Å². The largest absolute Gasteiger partial charge is 0.461 e. The standard InChI is InChI=1S/C14H11N3O2S/c15-12(18)8-20-14-9-4-1-2-5-10(9)16-13(17-14)11-6-3-7-19-11/h1-7H,8H2,(H2,15,18). The molecule has 0 saturated carbocycles. The first-order chi connectivity index (χ1) is 9.74. The van der Waals surface area contributed by atoms with Crippen molar-refractivity contribution in [3.8, 4) is 11.6 Å². The van der Waals surface area contributed by atoms with E-state index in [9.17, 15) is 4.79 Å². The van der Waals surface area contributed by atoms with Gasteiger partial charge in [-0.1, -0.05) is 30.0 Å². The Labute approximate surface area is 119 Å². The lowest BCUT2D eigenvalue weighted by Crippen LogP contribution is -2.13. The van der Waals surface area contributed by atoms with Crippen LogP contribution in [0.5, 0.6) is 0 Å². The number of benzene rings is 1. The Morgan fingerprint density at radius 2 is 2.05 bits per heavy atom. The van der Waals surface area contributed by atoms with Crippen LogP contribution in [0.4, 0.5) is 0 Å². The van der Waals surface area contributed by atoms with Crippen LogP contribution in [0.1, 0.15) is 0 Å². The highest BCUT2D eigenvalue weighted by Gasteiger charge is 2.12. The van der Waals surface area contributed by atoms with E-state index in [1.165, 1.54) is 11.8 Å². The molecular formula is C14H11N3O2S. The molecular weight excluding hydrogens is 274 g/mol. The summed E-state index contributed by atoms with van der Waals surface area (Å²) in [6, 6.07) is 11.2. The van der Waals surface area contributed by atoms with Gasteiger partial charge in [0.05, 0.1) is 17.5 Å². The third-order valence-electron chi connectivity index (χ3n) is 2.66. The molecule has 0 aliphatic carbocycles. The van der Waals surface area contributed by atoms with Crippen LogP contribution in [0.15, 0.2) is 52.1 Å². The van der Waals surface area contributed by atoms with Gasteiger partial charge in [-0.2, -0.15) is 0 Å². The number of hydrogen-bond donors (Lipinski definition) is 1. The summed E-state index contributed by atoms with van der Waals surface area (Å²) in [6.07, 6.45) is 1.57. The molecule has 0 atom stereocenters. The van der Waals surface area contributed by atoms with Crippen molar-refractivity contribution >= 4 is 28.6 Å². The summed E-state index contributed by atoms with van der Waals surface area (Å²) in [4.78, 5) is 19.9. The zero-order chi connectivity index (χ0) is 13.9. The normalized spacial score (nSPS) is 10.8.